The van der Waals surface area contributed by atoms with Crippen LogP contribution >= 0.6 is 15.9 Å². The summed E-state index contributed by atoms with van der Waals surface area (Å²) in [4.78, 5) is 28.8. The number of anilines is 1. The second kappa shape index (κ2) is 6.70. The van der Waals surface area contributed by atoms with Crippen molar-refractivity contribution < 1.29 is 19.1 Å². The lowest BCUT2D eigenvalue weighted by Crippen LogP contribution is -2.49. The molecule has 0 saturated carbocycles. The van der Waals surface area contributed by atoms with Gasteiger partial charge in [-0.15, -0.1) is 0 Å². The quantitative estimate of drug-likeness (QED) is 0.752. The Balaban J connectivity index is 1.39. The van der Waals surface area contributed by atoms with Gasteiger partial charge in [-0.2, -0.15) is 0 Å². The molecule has 3 saturated heterocycles. The van der Waals surface area contributed by atoms with E-state index in [0.29, 0.717) is 45.7 Å². The summed E-state index contributed by atoms with van der Waals surface area (Å²) >= 11 is 3.43. The Morgan fingerprint density at radius 3 is 2.60 bits per heavy atom. The molecule has 3 heterocycles. The van der Waals surface area contributed by atoms with Gasteiger partial charge in [0.15, 0.2) is 5.79 Å². The summed E-state index contributed by atoms with van der Waals surface area (Å²) in [7, 11) is 0. The second-order valence-corrected chi connectivity index (χ2v) is 7.73. The van der Waals surface area contributed by atoms with Crippen LogP contribution in [0.25, 0.3) is 0 Å². The Bertz CT molecular complexity index is 679. The van der Waals surface area contributed by atoms with E-state index in [-0.39, 0.29) is 24.2 Å². The molecule has 3 aliphatic heterocycles. The SMILES string of the molecule is O=C(C1CC(=O)N(c2cccc(Br)c2)C1)N1CCC2(CC1)OCCO2. The van der Waals surface area contributed by atoms with Crippen LogP contribution in [-0.2, 0) is 19.1 Å². The molecule has 3 aliphatic rings. The van der Waals surface area contributed by atoms with Crippen molar-refractivity contribution in [3.8, 4) is 0 Å². The Hall–Kier alpha value is -1.44. The van der Waals surface area contributed by atoms with Crippen molar-refractivity contribution in [2.24, 2.45) is 5.92 Å². The minimum absolute atomic E-state index is 0.00684. The van der Waals surface area contributed by atoms with Gasteiger partial charge in [-0.3, -0.25) is 9.59 Å². The number of carbonyl (C=O) groups excluding carboxylic acids is 2. The normalized spacial score (nSPS) is 25.8. The first kappa shape index (κ1) is 17.0. The maximum Gasteiger partial charge on any atom is 0.228 e. The number of benzene rings is 1. The Morgan fingerprint density at radius 1 is 1.20 bits per heavy atom. The fourth-order valence-electron chi connectivity index (χ4n) is 3.88. The summed E-state index contributed by atoms with van der Waals surface area (Å²) in [6, 6.07) is 7.62. The molecular weight excluding hydrogens is 388 g/mol. The summed E-state index contributed by atoms with van der Waals surface area (Å²) < 4.78 is 12.3. The van der Waals surface area contributed by atoms with Gasteiger partial charge in [-0.25, -0.2) is 0 Å². The van der Waals surface area contributed by atoms with Crippen molar-refractivity contribution in [1.82, 2.24) is 4.90 Å². The smallest absolute Gasteiger partial charge is 0.228 e. The van der Waals surface area contributed by atoms with Crippen molar-refractivity contribution in [3.63, 3.8) is 0 Å². The number of rotatable bonds is 2. The van der Waals surface area contributed by atoms with Crippen LogP contribution in [0.2, 0.25) is 0 Å². The summed E-state index contributed by atoms with van der Waals surface area (Å²) in [5, 5.41) is 0. The highest BCUT2D eigenvalue weighted by Gasteiger charge is 2.43. The van der Waals surface area contributed by atoms with E-state index >= 15 is 0 Å². The maximum absolute atomic E-state index is 12.8. The van der Waals surface area contributed by atoms with Gasteiger partial charge in [0.2, 0.25) is 11.8 Å². The molecule has 3 fully saturated rings. The van der Waals surface area contributed by atoms with Crippen LogP contribution in [0.4, 0.5) is 5.69 Å². The molecule has 6 nitrogen and oxygen atoms in total. The Labute approximate surface area is 155 Å². The fourth-order valence-corrected chi connectivity index (χ4v) is 4.27. The molecule has 25 heavy (non-hydrogen) atoms. The Kier molecular flexibility index (Phi) is 4.56. The molecule has 0 aliphatic carbocycles. The predicted molar refractivity (Wildman–Crippen MR) is 95.1 cm³/mol. The lowest BCUT2D eigenvalue weighted by molar-refractivity contribution is -0.188. The van der Waals surface area contributed by atoms with E-state index in [1.807, 2.05) is 29.2 Å². The molecule has 2 amide bonds. The number of ether oxygens (including phenoxy) is 2. The summed E-state index contributed by atoms with van der Waals surface area (Å²) in [6.07, 6.45) is 1.68. The zero-order valence-corrected chi connectivity index (χ0v) is 15.5. The molecule has 0 radical (unpaired) electrons. The van der Waals surface area contributed by atoms with Crippen LogP contribution in [0.3, 0.4) is 0 Å². The number of nitrogens with zero attached hydrogens (tertiary/aromatic N) is 2. The summed E-state index contributed by atoms with van der Waals surface area (Å²) in [5.74, 6) is -0.679. The highest BCUT2D eigenvalue weighted by Crippen LogP contribution is 2.33. The first-order valence-corrected chi connectivity index (χ1v) is 9.48. The van der Waals surface area contributed by atoms with Gasteiger partial charge in [0.1, 0.15) is 0 Å². The van der Waals surface area contributed by atoms with Gasteiger partial charge in [-0.05, 0) is 18.2 Å². The largest absolute Gasteiger partial charge is 0.347 e. The molecular formula is C18H21BrN2O4. The molecule has 4 rings (SSSR count). The first-order valence-electron chi connectivity index (χ1n) is 8.69. The van der Waals surface area contributed by atoms with E-state index in [2.05, 4.69) is 15.9 Å². The van der Waals surface area contributed by atoms with Crippen molar-refractivity contribution in [1.29, 1.82) is 0 Å². The van der Waals surface area contributed by atoms with E-state index in [1.54, 1.807) is 4.90 Å². The molecule has 1 atom stereocenters. The van der Waals surface area contributed by atoms with Gasteiger partial charge in [0, 0.05) is 49.1 Å². The number of halogens is 1. The number of hydrogen-bond acceptors (Lipinski definition) is 4. The molecule has 0 N–H and O–H groups in total. The molecule has 0 bridgehead atoms. The standard InChI is InChI=1S/C18H21BrN2O4/c19-14-2-1-3-15(11-14)21-12-13(10-16(21)22)17(23)20-6-4-18(5-7-20)24-8-9-25-18/h1-3,11,13H,4-10,12H2. The van der Waals surface area contributed by atoms with Crippen LogP contribution in [0.1, 0.15) is 19.3 Å². The molecule has 1 aromatic rings. The molecule has 1 spiro atoms. The number of piperidine rings is 1. The average molecular weight is 409 g/mol. The van der Waals surface area contributed by atoms with Gasteiger partial charge < -0.3 is 19.3 Å². The number of amides is 2. The minimum Gasteiger partial charge on any atom is -0.347 e. The first-order chi connectivity index (χ1) is 12.1. The third-order valence-electron chi connectivity index (χ3n) is 5.24. The average Bonchev–Trinajstić information content (AvgIpc) is 3.22. The van der Waals surface area contributed by atoms with Crippen molar-refractivity contribution in [2.45, 2.75) is 25.0 Å². The molecule has 7 heteroatoms. The van der Waals surface area contributed by atoms with Crippen molar-refractivity contribution in [3.05, 3.63) is 28.7 Å². The van der Waals surface area contributed by atoms with Crippen LogP contribution in [-0.4, -0.2) is 55.3 Å². The van der Waals surface area contributed by atoms with E-state index < -0.39 is 5.79 Å². The van der Waals surface area contributed by atoms with E-state index in [9.17, 15) is 9.59 Å². The predicted octanol–water partition coefficient (Wildman–Crippen LogP) is 2.17. The van der Waals surface area contributed by atoms with Crippen LogP contribution in [0.5, 0.6) is 0 Å². The van der Waals surface area contributed by atoms with Gasteiger partial charge >= 0.3 is 0 Å². The molecule has 0 aromatic heterocycles. The fraction of sp³-hybridized carbons (Fsp3) is 0.556. The number of hydrogen-bond donors (Lipinski definition) is 0. The molecule has 134 valence electrons. The van der Waals surface area contributed by atoms with E-state index in [4.69, 9.17) is 9.47 Å². The van der Waals surface area contributed by atoms with E-state index in [0.717, 1.165) is 10.2 Å². The zero-order chi connectivity index (χ0) is 17.4. The third kappa shape index (κ3) is 3.32. The topological polar surface area (TPSA) is 59.1 Å². The van der Waals surface area contributed by atoms with Crippen molar-refractivity contribution >= 4 is 33.4 Å². The van der Waals surface area contributed by atoms with Crippen LogP contribution in [0, 0.1) is 5.92 Å². The highest BCUT2D eigenvalue weighted by molar-refractivity contribution is 9.10. The second-order valence-electron chi connectivity index (χ2n) is 6.82. The molecule has 1 aromatic carbocycles. The highest BCUT2D eigenvalue weighted by atomic mass is 79.9. The number of carbonyl (C=O) groups is 2. The van der Waals surface area contributed by atoms with Gasteiger partial charge in [0.25, 0.3) is 0 Å². The van der Waals surface area contributed by atoms with Crippen LogP contribution < -0.4 is 4.90 Å². The summed E-state index contributed by atoms with van der Waals surface area (Å²) in [6.45, 7) is 2.96. The van der Waals surface area contributed by atoms with Gasteiger partial charge in [-0.1, -0.05) is 22.0 Å². The number of likely N-dealkylation sites (tertiary alicyclic amines) is 1. The lowest BCUT2D eigenvalue weighted by atomic mass is 10.0. The zero-order valence-electron chi connectivity index (χ0n) is 13.9. The Morgan fingerprint density at radius 2 is 1.92 bits per heavy atom. The minimum atomic E-state index is -0.482. The molecule has 1 unspecified atom stereocenters. The maximum atomic E-state index is 12.8. The van der Waals surface area contributed by atoms with Crippen LogP contribution in [0.15, 0.2) is 28.7 Å². The monoisotopic (exact) mass is 408 g/mol. The van der Waals surface area contributed by atoms with Crippen molar-refractivity contribution in [2.75, 3.05) is 37.7 Å². The summed E-state index contributed by atoms with van der Waals surface area (Å²) in [5.41, 5.74) is 0.833. The lowest BCUT2D eigenvalue weighted by Gasteiger charge is -2.38. The van der Waals surface area contributed by atoms with E-state index in [1.165, 1.54) is 0 Å². The third-order valence-corrected chi connectivity index (χ3v) is 5.74. The van der Waals surface area contributed by atoms with Gasteiger partial charge in [0.05, 0.1) is 19.1 Å².